The van der Waals surface area contributed by atoms with Gasteiger partial charge in [-0.1, -0.05) is 18.2 Å². The number of ether oxygens (including phenoxy) is 2. The van der Waals surface area contributed by atoms with E-state index in [1.54, 1.807) is 30.1 Å². The Balaban J connectivity index is 1.46. The van der Waals surface area contributed by atoms with Gasteiger partial charge in [-0.2, -0.15) is 0 Å². The first kappa shape index (κ1) is 24.5. The number of nitrogens with one attached hydrogen (secondary N) is 3. The molecule has 0 aliphatic carbocycles. The van der Waals surface area contributed by atoms with Gasteiger partial charge in [-0.15, -0.1) is 0 Å². The predicted octanol–water partition coefficient (Wildman–Crippen LogP) is 3.55. The van der Waals surface area contributed by atoms with E-state index in [-0.39, 0.29) is 36.7 Å². The number of hydrogen-bond acceptors (Lipinski definition) is 5. The molecule has 2 aliphatic heterocycles. The molecule has 2 aliphatic rings. The third-order valence-corrected chi connectivity index (χ3v) is 6.45. The highest BCUT2D eigenvalue weighted by atomic mass is 16.5. The van der Waals surface area contributed by atoms with Crippen LogP contribution in [-0.2, 0) is 9.53 Å². The molecule has 0 aromatic heterocycles. The molecule has 3 N–H and O–H groups in total. The molecule has 2 heterocycles. The second kappa shape index (κ2) is 10.8. The SMILES string of the molecule is CCNC(=O)C[C@@H]1CC[C@H]2[C@@H](COc3ccc(NC(=O)Nc4ccccc4C)cc3C(=O)N2C)O1. The molecule has 1 fully saturated rings. The van der Waals surface area contributed by atoms with Gasteiger partial charge in [0.1, 0.15) is 18.5 Å². The Morgan fingerprint density at radius 3 is 2.69 bits per heavy atom. The van der Waals surface area contributed by atoms with Gasteiger partial charge in [-0.05, 0) is 56.5 Å². The van der Waals surface area contributed by atoms with Crippen LogP contribution in [-0.4, -0.2) is 61.2 Å². The first-order chi connectivity index (χ1) is 16.9. The molecule has 4 amide bonds. The zero-order chi connectivity index (χ0) is 24.9. The predicted molar refractivity (Wildman–Crippen MR) is 133 cm³/mol. The fourth-order valence-corrected chi connectivity index (χ4v) is 4.58. The van der Waals surface area contributed by atoms with E-state index < -0.39 is 6.03 Å². The number of hydrogen-bond donors (Lipinski definition) is 3. The van der Waals surface area contributed by atoms with Crippen molar-refractivity contribution in [1.29, 1.82) is 0 Å². The number of carbonyl (C=O) groups excluding carboxylic acids is 3. The lowest BCUT2D eigenvalue weighted by Gasteiger charge is -2.42. The summed E-state index contributed by atoms with van der Waals surface area (Å²) in [5, 5.41) is 8.41. The number of para-hydroxylation sites is 1. The summed E-state index contributed by atoms with van der Waals surface area (Å²) in [5.41, 5.74) is 2.52. The smallest absolute Gasteiger partial charge is 0.323 e. The molecule has 9 heteroatoms. The molecule has 3 atom stereocenters. The number of benzene rings is 2. The lowest BCUT2D eigenvalue weighted by Crippen LogP contribution is -2.54. The highest BCUT2D eigenvalue weighted by Crippen LogP contribution is 2.32. The van der Waals surface area contributed by atoms with Crippen LogP contribution in [0.3, 0.4) is 0 Å². The summed E-state index contributed by atoms with van der Waals surface area (Å²) in [4.78, 5) is 39.5. The lowest BCUT2D eigenvalue weighted by molar-refractivity contribution is -0.133. The Labute approximate surface area is 205 Å². The maximum absolute atomic E-state index is 13.4. The van der Waals surface area contributed by atoms with Crippen LogP contribution in [0.25, 0.3) is 0 Å². The lowest BCUT2D eigenvalue weighted by atomic mass is 9.94. The largest absolute Gasteiger partial charge is 0.490 e. The molecule has 0 unspecified atom stereocenters. The van der Waals surface area contributed by atoms with Crippen LogP contribution in [0.15, 0.2) is 42.5 Å². The van der Waals surface area contributed by atoms with Crippen LogP contribution in [0.4, 0.5) is 16.2 Å². The molecule has 1 saturated heterocycles. The topological polar surface area (TPSA) is 109 Å². The monoisotopic (exact) mass is 480 g/mol. The van der Waals surface area contributed by atoms with Crippen molar-refractivity contribution in [3.63, 3.8) is 0 Å². The van der Waals surface area contributed by atoms with Gasteiger partial charge in [0.15, 0.2) is 0 Å². The fourth-order valence-electron chi connectivity index (χ4n) is 4.58. The summed E-state index contributed by atoms with van der Waals surface area (Å²) >= 11 is 0. The Morgan fingerprint density at radius 2 is 1.91 bits per heavy atom. The first-order valence-electron chi connectivity index (χ1n) is 12.0. The number of likely N-dealkylation sites (N-methyl/N-ethyl adjacent to an activating group) is 1. The summed E-state index contributed by atoms with van der Waals surface area (Å²) in [5.74, 6) is 0.187. The van der Waals surface area contributed by atoms with Crippen molar-refractivity contribution in [2.24, 2.45) is 0 Å². The van der Waals surface area contributed by atoms with E-state index in [0.717, 1.165) is 5.56 Å². The number of amides is 4. The third kappa shape index (κ3) is 5.74. The molecule has 0 saturated carbocycles. The van der Waals surface area contributed by atoms with Crippen molar-refractivity contribution in [2.45, 2.75) is 51.4 Å². The van der Waals surface area contributed by atoms with E-state index in [4.69, 9.17) is 9.47 Å². The van der Waals surface area contributed by atoms with Crippen LogP contribution >= 0.6 is 0 Å². The van der Waals surface area contributed by atoms with Crippen LogP contribution < -0.4 is 20.7 Å². The number of nitrogens with zero attached hydrogens (tertiary/aromatic N) is 1. The normalized spacial score (nSPS) is 21.5. The van der Waals surface area contributed by atoms with E-state index in [2.05, 4.69) is 16.0 Å². The Kier molecular flexibility index (Phi) is 7.55. The average molecular weight is 481 g/mol. The minimum absolute atomic E-state index is 0.0380. The van der Waals surface area contributed by atoms with Crippen molar-refractivity contribution < 1.29 is 23.9 Å². The molecule has 2 aromatic carbocycles. The summed E-state index contributed by atoms with van der Waals surface area (Å²) in [7, 11) is 1.76. The molecule has 4 rings (SSSR count). The van der Waals surface area contributed by atoms with Gasteiger partial charge >= 0.3 is 6.03 Å². The molecule has 9 nitrogen and oxygen atoms in total. The van der Waals surface area contributed by atoms with Gasteiger partial charge in [0.2, 0.25) is 5.91 Å². The minimum Gasteiger partial charge on any atom is -0.490 e. The van der Waals surface area contributed by atoms with E-state index in [0.29, 0.717) is 48.5 Å². The second-order valence-electron chi connectivity index (χ2n) is 8.93. The minimum atomic E-state index is -0.397. The number of fused-ring (bicyclic) bond motifs is 2. The number of rotatable bonds is 5. The maximum atomic E-state index is 13.4. The van der Waals surface area contributed by atoms with Crippen LogP contribution in [0, 0.1) is 6.92 Å². The van der Waals surface area contributed by atoms with Crippen molar-refractivity contribution in [3.8, 4) is 5.75 Å². The van der Waals surface area contributed by atoms with Gasteiger partial charge in [0.05, 0.1) is 24.1 Å². The molecule has 0 bridgehead atoms. The third-order valence-electron chi connectivity index (χ3n) is 6.45. The fraction of sp³-hybridized carbons (Fsp3) is 0.423. The zero-order valence-corrected chi connectivity index (χ0v) is 20.3. The van der Waals surface area contributed by atoms with E-state index in [1.165, 1.54) is 0 Å². The van der Waals surface area contributed by atoms with Gasteiger partial charge in [0, 0.05) is 25.0 Å². The number of carbonyl (C=O) groups is 3. The molecular formula is C26H32N4O5. The van der Waals surface area contributed by atoms with Gasteiger partial charge < -0.3 is 30.3 Å². The molecule has 2 aromatic rings. The Bertz CT molecular complexity index is 1100. The van der Waals surface area contributed by atoms with Crippen LogP contribution in [0.5, 0.6) is 5.75 Å². The molecule has 0 spiro atoms. The second-order valence-corrected chi connectivity index (χ2v) is 8.93. The Hall–Kier alpha value is -3.59. The van der Waals surface area contributed by atoms with Crippen molar-refractivity contribution in [1.82, 2.24) is 10.2 Å². The highest BCUT2D eigenvalue weighted by molar-refractivity contribution is 6.02. The van der Waals surface area contributed by atoms with Gasteiger partial charge in [0.25, 0.3) is 5.91 Å². The maximum Gasteiger partial charge on any atom is 0.323 e. The summed E-state index contributed by atoms with van der Waals surface area (Å²) in [6, 6.07) is 11.9. The number of urea groups is 1. The number of aryl methyl sites for hydroxylation is 1. The van der Waals surface area contributed by atoms with Crippen LogP contribution in [0.1, 0.15) is 42.1 Å². The van der Waals surface area contributed by atoms with Gasteiger partial charge in [-0.3, -0.25) is 9.59 Å². The van der Waals surface area contributed by atoms with Crippen LogP contribution in [0.2, 0.25) is 0 Å². The molecule has 0 radical (unpaired) electrons. The first-order valence-corrected chi connectivity index (χ1v) is 12.0. The average Bonchev–Trinajstić information content (AvgIpc) is 2.83. The quantitative estimate of drug-likeness (QED) is 0.607. The highest BCUT2D eigenvalue weighted by Gasteiger charge is 2.39. The van der Waals surface area contributed by atoms with E-state index in [1.807, 2.05) is 38.1 Å². The zero-order valence-electron chi connectivity index (χ0n) is 20.3. The van der Waals surface area contributed by atoms with E-state index in [9.17, 15) is 14.4 Å². The number of anilines is 2. The molecular weight excluding hydrogens is 448 g/mol. The summed E-state index contributed by atoms with van der Waals surface area (Å²) in [6.45, 7) is 4.64. The molecule has 35 heavy (non-hydrogen) atoms. The van der Waals surface area contributed by atoms with Crippen molar-refractivity contribution in [2.75, 3.05) is 30.8 Å². The standard InChI is InChI=1S/C26H32N4O5/c1-4-27-24(31)14-18-10-11-21-23(35-18)15-34-22-12-9-17(13-19(22)25(32)30(21)3)28-26(33)29-20-8-6-5-7-16(20)2/h5-9,12-13,18,21,23H,4,10-11,14-15H2,1-3H3,(H,27,31)(H2,28,29,33)/t18-,21-,23+/m0/s1. The summed E-state index contributed by atoms with van der Waals surface area (Å²) in [6.07, 6.45) is 1.16. The van der Waals surface area contributed by atoms with E-state index >= 15 is 0 Å². The molecule has 186 valence electrons. The summed E-state index contributed by atoms with van der Waals surface area (Å²) < 4.78 is 12.2. The van der Waals surface area contributed by atoms with Crippen molar-refractivity contribution >= 4 is 29.2 Å². The Morgan fingerprint density at radius 1 is 1.11 bits per heavy atom. The van der Waals surface area contributed by atoms with Crippen molar-refractivity contribution in [3.05, 3.63) is 53.6 Å². The van der Waals surface area contributed by atoms with Gasteiger partial charge in [-0.25, -0.2) is 4.79 Å².